The zero-order chi connectivity index (χ0) is 21.8. The Bertz CT molecular complexity index is 1080. The molecule has 3 aromatic rings. The van der Waals surface area contributed by atoms with Crippen LogP contribution in [0.1, 0.15) is 30.0 Å². The van der Waals surface area contributed by atoms with Gasteiger partial charge in [-0.25, -0.2) is 9.00 Å². The second-order valence-corrected chi connectivity index (χ2v) is 8.24. The maximum absolute atomic E-state index is 12.4. The Morgan fingerprint density at radius 3 is 2.39 bits per heavy atom. The van der Waals surface area contributed by atoms with Crippen molar-refractivity contribution < 1.29 is 23.4 Å². The number of hydrogen-bond acceptors (Lipinski definition) is 3. The highest BCUT2D eigenvalue weighted by Crippen LogP contribution is 2.41. The van der Waals surface area contributed by atoms with Crippen molar-refractivity contribution in [3.8, 4) is 16.9 Å². The summed E-state index contributed by atoms with van der Waals surface area (Å²) in [4.78, 5) is 10.9. The molecule has 4 rings (SSSR count). The van der Waals surface area contributed by atoms with Crippen molar-refractivity contribution in [2.24, 2.45) is 0 Å². The number of aliphatic carboxylic acids is 1. The van der Waals surface area contributed by atoms with E-state index >= 15 is 0 Å². The van der Waals surface area contributed by atoms with Gasteiger partial charge in [-0.15, -0.1) is 0 Å². The van der Waals surface area contributed by atoms with E-state index in [-0.39, 0.29) is 6.04 Å². The van der Waals surface area contributed by atoms with Gasteiger partial charge in [0.1, 0.15) is 5.75 Å². The van der Waals surface area contributed by atoms with Crippen molar-refractivity contribution in [1.29, 1.82) is 0 Å². The molecule has 31 heavy (non-hydrogen) atoms. The molecule has 160 valence electrons. The van der Waals surface area contributed by atoms with Crippen LogP contribution in [0.5, 0.6) is 5.75 Å². The number of anilines is 1. The molecular formula is C24H23NO5S. The van der Waals surface area contributed by atoms with Gasteiger partial charge in [-0.2, -0.15) is 0 Å². The number of fused-ring (bicyclic) bond motifs is 1. The highest BCUT2D eigenvalue weighted by atomic mass is 32.2. The monoisotopic (exact) mass is 437 g/mol. The molecule has 0 amide bonds. The van der Waals surface area contributed by atoms with Gasteiger partial charge in [0.05, 0.1) is 11.7 Å². The van der Waals surface area contributed by atoms with E-state index in [1.807, 2.05) is 60.7 Å². The average molecular weight is 438 g/mol. The van der Waals surface area contributed by atoms with E-state index in [0.29, 0.717) is 17.9 Å². The van der Waals surface area contributed by atoms with Gasteiger partial charge < -0.3 is 9.84 Å². The van der Waals surface area contributed by atoms with Crippen LogP contribution in [-0.4, -0.2) is 26.4 Å². The molecule has 0 aliphatic heterocycles. The Labute approximate surface area is 183 Å². The lowest BCUT2D eigenvalue weighted by atomic mass is 9.87. The molecule has 0 aromatic heterocycles. The summed E-state index contributed by atoms with van der Waals surface area (Å²) >= 11 is -2.23. The predicted octanol–water partition coefficient (Wildman–Crippen LogP) is 4.84. The molecule has 0 bridgehead atoms. The molecule has 3 aromatic carbocycles. The summed E-state index contributed by atoms with van der Waals surface area (Å²) in [6, 6.07) is 22.7. The van der Waals surface area contributed by atoms with Crippen molar-refractivity contribution in [2.45, 2.75) is 25.3 Å². The fourth-order valence-corrected chi connectivity index (χ4v) is 4.86. The molecule has 0 saturated heterocycles. The first-order valence-corrected chi connectivity index (χ1v) is 11.1. The fraction of sp³-hybridized carbons (Fsp3) is 0.208. The number of nitrogens with zero attached hydrogens (tertiary/aromatic N) is 1. The van der Waals surface area contributed by atoms with Crippen LogP contribution in [0.2, 0.25) is 0 Å². The van der Waals surface area contributed by atoms with Gasteiger partial charge in [-0.3, -0.25) is 8.86 Å². The molecule has 0 radical (unpaired) electrons. The Balaban J connectivity index is 1.67. The van der Waals surface area contributed by atoms with Crippen LogP contribution in [-0.2, 0) is 22.5 Å². The molecular weight excluding hydrogens is 414 g/mol. The van der Waals surface area contributed by atoms with E-state index in [0.717, 1.165) is 35.1 Å². The number of rotatable bonds is 7. The van der Waals surface area contributed by atoms with Crippen LogP contribution in [0.25, 0.3) is 11.1 Å². The molecule has 0 heterocycles. The summed E-state index contributed by atoms with van der Waals surface area (Å²) in [7, 11) is 0. The summed E-state index contributed by atoms with van der Waals surface area (Å²) in [5.41, 5.74) is 4.55. The molecule has 0 spiro atoms. The van der Waals surface area contributed by atoms with Crippen molar-refractivity contribution in [2.75, 3.05) is 10.9 Å². The third kappa shape index (κ3) is 4.62. The van der Waals surface area contributed by atoms with E-state index in [2.05, 4.69) is 0 Å². The second-order valence-electron chi connectivity index (χ2n) is 7.38. The first-order chi connectivity index (χ1) is 15.0. The van der Waals surface area contributed by atoms with Crippen LogP contribution >= 0.6 is 0 Å². The minimum atomic E-state index is -2.23. The van der Waals surface area contributed by atoms with Gasteiger partial charge in [0.2, 0.25) is 0 Å². The molecule has 6 nitrogen and oxygen atoms in total. The zero-order valence-corrected chi connectivity index (χ0v) is 17.6. The lowest BCUT2D eigenvalue weighted by Crippen LogP contribution is -2.33. The third-order valence-electron chi connectivity index (χ3n) is 5.46. The summed E-state index contributed by atoms with van der Waals surface area (Å²) in [6.07, 6.45) is 2.25. The molecule has 1 aliphatic carbocycles. The van der Waals surface area contributed by atoms with Gasteiger partial charge in [0.25, 0.3) is 11.3 Å². The average Bonchev–Trinajstić information content (AvgIpc) is 2.79. The first-order valence-electron chi connectivity index (χ1n) is 10.1. The van der Waals surface area contributed by atoms with Crippen molar-refractivity contribution >= 4 is 22.9 Å². The van der Waals surface area contributed by atoms with Gasteiger partial charge in [0.15, 0.2) is 6.61 Å². The molecule has 7 heteroatoms. The van der Waals surface area contributed by atoms with Crippen molar-refractivity contribution in [3.63, 3.8) is 0 Å². The van der Waals surface area contributed by atoms with Crippen LogP contribution < -0.4 is 9.04 Å². The molecule has 2 N–H and O–H groups in total. The van der Waals surface area contributed by atoms with Gasteiger partial charge >= 0.3 is 5.97 Å². The van der Waals surface area contributed by atoms with Crippen LogP contribution in [0, 0.1) is 0 Å². The second kappa shape index (κ2) is 9.32. The number of carbonyl (C=O) groups is 1. The number of benzene rings is 3. The lowest BCUT2D eigenvalue weighted by Gasteiger charge is -2.35. The Morgan fingerprint density at radius 1 is 1.00 bits per heavy atom. The first kappa shape index (κ1) is 21.1. The van der Waals surface area contributed by atoms with Crippen molar-refractivity contribution in [3.05, 3.63) is 83.9 Å². The zero-order valence-electron chi connectivity index (χ0n) is 16.8. The van der Waals surface area contributed by atoms with Gasteiger partial charge in [-0.05, 0) is 59.7 Å². The molecule has 2 unspecified atom stereocenters. The minimum absolute atomic E-state index is 0.314. The van der Waals surface area contributed by atoms with E-state index in [1.165, 1.54) is 4.31 Å². The number of carboxylic acids is 1. The summed E-state index contributed by atoms with van der Waals surface area (Å²) in [5.74, 6) is -0.519. The predicted molar refractivity (Wildman–Crippen MR) is 120 cm³/mol. The van der Waals surface area contributed by atoms with Crippen LogP contribution in [0.4, 0.5) is 5.69 Å². The van der Waals surface area contributed by atoms with E-state index in [4.69, 9.17) is 9.84 Å². The van der Waals surface area contributed by atoms with E-state index < -0.39 is 23.8 Å². The van der Waals surface area contributed by atoms with E-state index in [1.54, 1.807) is 12.1 Å². The highest BCUT2D eigenvalue weighted by Gasteiger charge is 2.31. The Hall–Kier alpha value is -3.16. The number of ether oxygens (including phenoxy) is 1. The summed E-state index contributed by atoms with van der Waals surface area (Å²) in [6.45, 7) is -0.419. The van der Waals surface area contributed by atoms with Gasteiger partial charge in [-0.1, -0.05) is 54.6 Å². The SMILES string of the molecule is O=C(O)COc1cccc2c1CCCC2N(c1ccc(-c2ccccc2)cc1)S(=O)O. The molecule has 0 saturated carbocycles. The lowest BCUT2D eigenvalue weighted by molar-refractivity contribution is -0.139. The quantitative estimate of drug-likeness (QED) is 0.517. The Morgan fingerprint density at radius 2 is 1.71 bits per heavy atom. The Kier molecular flexibility index (Phi) is 6.34. The summed E-state index contributed by atoms with van der Waals surface area (Å²) in [5, 5.41) is 8.94. The summed E-state index contributed by atoms with van der Waals surface area (Å²) < 4.78 is 29.5. The molecule has 1 aliphatic rings. The van der Waals surface area contributed by atoms with Crippen LogP contribution in [0.15, 0.2) is 72.8 Å². The van der Waals surface area contributed by atoms with Gasteiger partial charge in [0, 0.05) is 0 Å². The minimum Gasteiger partial charge on any atom is -0.482 e. The molecule has 0 fully saturated rings. The number of hydrogen-bond donors (Lipinski definition) is 2. The standard InChI is InChI=1S/C24H23NO5S/c26-24(27)16-30-23-11-5-8-20-21(23)9-4-10-22(20)25(31(28)29)19-14-12-18(13-15-19)17-6-2-1-3-7-17/h1-3,5-8,11-15,22H,4,9-10,16H2,(H,26,27)(H,28,29). The topological polar surface area (TPSA) is 87.1 Å². The smallest absolute Gasteiger partial charge is 0.341 e. The number of carboxylic acid groups (broad SMARTS) is 1. The van der Waals surface area contributed by atoms with Crippen molar-refractivity contribution in [1.82, 2.24) is 0 Å². The normalized spacial score (nSPS) is 16.2. The van der Waals surface area contributed by atoms with E-state index in [9.17, 15) is 13.6 Å². The maximum Gasteiger partial charge on any atom is 0.341 e. The largest absolute Gasteiger partial charge is 0.482 e. The third-order valence-corrected chi connectivity index (χ3v) is 6.27. The maximum atomic E-state index is 12.4. The highest BCUT2D eigenvalue weighted by molar-refractivity contribution is 7.80. The fourth-order valence-electron chi connectivity index (χ4n) is 4.12. The molecule has 2 atom stereocenters. The van der Waals surface area contributed by atoms with Crippen LogP contribution in [0.3, 0.4) is 0 Å².